The summed E-state index contributed by atoms with van der Waals surface area (Å²) in [7, 11) is 0. The van der Waals surface area contributed by atoms with Gasteiger partial charge < -0.3 is 13.3 Å². The second-order valence-electron chi connectivity index (χ2n) is 4.38. The number of hydrogen-bond acceptors (Lipinski definition) is 3. The van der Waals surface area contributed by atoms with E-state index in [4.69, 9.17) is 3.07 Å². The monoisotopic (exact) mass is 356 g/mol. The zero-order valence-electron chi connectivity index (χ0n) is 9.20. The van der Waals surface area contributed by atoms with Crippen LogP contribution in [-0.4, -0.2) is 48.1 Å². The fourth-order valence-electron chi connectivity index (χ4n) is 2.20. The number of amides is 2. The van der Waals surface area contributed by atoms with Crippen molar-refractivity contribution in [2.75, 3.05) is 13.1 Å². The second-order valence-corrected chi connectivity index (χ2v) is 4.88. The maximum atomic E-state index is 13.6. The SMILES string of the molecule is O=C1CCC(C(=O)N2CC[C@H](OI)[C@H](F)C2)N1. The fourth-order valence-corrected chi connectivity index (χ4v) is 2.78. The zero-order chi connectivity index (χ0) is 12.4. The predicted molar refractivity (Wildman–Crippen MR) is 66.2 cm³/mol. The Bertz CT molecular complexity index is 329. The van der Waals surface area contributed by atoms with Gasteiger partial charge in [0, 0.05) is 13.0 Å². The molecule has 0 bridgehead atoms. The number of hydrogen-bond donors (Lipinski definition) is 1. The summed E-state index contributed by atoms with van der Waals surface area (Å²) in [5.41, 5.74) is 0. The van der Waals surface area contributed by atoms with Crippen molar-refractivity contribution in [3.05, 3.63) is 0 Å². The summed E-state index contributed by atoms with van der Waals surface area (Å²) in [5, 5.41) is 2.61. The molecule has 2 aliphatic heterocycles. The van der Waals surface area contributed by atoms with Crippen molar-refractivity contribution >= 4 is 34.8 Å². The third-order valence-corrected chi connectivity index (χ3v) is 3.85. The number of carbonyl (C=O) groups excluding carboxylic acids is 2. The topological polar surface area (TPSA) is 58.6 Å². The molecule has 7 heteroatoms. The lowest BCUT2D eigenvalue weighted by molar-refractivity contribution is -0.137. The van der Waals surface area contributed by atoms with E-state index < -0.39 is 18.3 Å². The van der Waals surface area contributed by atoms with Gasteiger partial charge >= 0.3 is 0 Å². The zero-order valence-corrected chi connectivity index (χ0v) is 11.4. The van der Waals surface area contributed by atoms with Gasteiger partial charge in [0.2, 0.25) is 11.8 Å². The van der Waals surface area contributed by atoms with Crippen molar-refractivity contribution in [1.29, 1.82) is 0 Å². The Hall–Kier alpha value is -0.440. The van der Waals surface area contributed by atoms with Crippen molar-refractivity contribution in [3.63, 3.8) is 0 Å². The molecular formula is C10H14FIN2O3. The summed E-state index contributed by atoms with van der Waals surface area (Å²) < 4.78 is 18.6. The van der Waals surface area contributed by atoms with Gasteiger partial charge in [-0.05, 0) is 12.8 Å². The number of nitrogens with one attached hydrogen (secondary N) is 1. The van der Waals surface area contributed by atoms with E-state index in [1.165, 1.54) is 4.90 Å². The van der Waals surface area contributed by atoms with E-state index in [9.17, 15) is 14.0 Å². The Kier molecular flexibility index (Phi) is 4.18. The molecule has 0 radical (unpaired) electrons. The number of halogens is 2. The van der Waals surface area contributed by atoms with Crippen LogP contribution in [0.4, 0.5) is 4.39 Å². The lowest BCUT2D eigenvalue weighted by atomic mass is 10.0. The van der Waals surface area contributed by atoms with E-state index in [0.29, 0.717) is 25.8 Å². The van der Waals surface area contributed by atoms with Crippen LogP contribution in [0.5, 0.6) is 0 Å². The average molecular weight is 356 g/mol. The van der Waals surface area contributed by atoms with Crippen molar-refractivity contribution in [2.24, 2.45) is 0 Å². The van der Waals surface area contributed by atoms with Crippen LogP contribution in [-0.2, 0) is 12.7 Å². The van der Waals surface area contributed by atoms with Crippen LogP contribution in [0, 0.1) is 0 Å². The Morgan fingerprint density at radius 1 is 1.53 bits per heavy atom. The number of rotatable bonds is 2. The van der Waals surface area contributed by atoms with Gasteiger partial charge in [0.25, 0.3) is 0 Å². The van der Waals surface area contributed by atoms with Crippen molar-refractivity contribution in [1.82, 2.24) is 10.2 Å². The van der Waals surface area contributed by atoms with Crippen molar-refractivity contribution < 1.29 is 17.0 Å². The molecule has 2 rings (SSSR count). The van der Waals surface area contributed by atoms with Crippen LogP contribution >= 0.6 is 23.0 Å². The number of likely N-dealkylation sites (tertiary alicyclic amines) is 1. The summed E-state index contributed by atoms with van der Waals surface area (Å²) in [5.74, 6) is -0.281. The highest BCUT2D eigenvalue weighted by atomic mass is 127. The molecular weight excluding hydrogens is 342 g/mol. The van der Waals surface area contributed by atoms with Gasteiger partial charge in [-0.25, -0.2) is 4.39 Å². The summed E-state index contributed by atoms with van der Waals surface area (Å²) in [6.07, 6.45) is -0.198. The largest absolute Gasteiger partial charge is 0.344 e. The normalized spacial score (nSPS) is 33.6. The lowest BCUT2D eigenvalue weighted by Gasteiger charge is -2.34. The molecule has 1 N–H and O–H groups in total. The summed E-state index contributed by atoms with van der Waals surface area (Å²) in [6, 6.07) is -0.466. The molecule has 3 atom stereocenters. The molecule has 0 aromatic carbocycles. The summed E-state index contributed by atoms with van der Waals surface area (Å²) in [4.78, 5) is 24.5. The molecule has 0 aliphatic carbocycles. The molecule has 2 heterocycles. The van der Waals surface area contributed by atoms with E-state index in [2.05, 4.69) is 5.32 Å². The van der Waals surface area contributed by atoms with Crippen molar-refractivity contribution in [2.45, 2.75) is 37.6 Å². The van der Waals surface area contributed by atoms with E-state index in [-0.39, 0.29) is 18.4 Å². The van der Waals surface area contributed by atoms with Gasteiger partial charge in [-0.1, -0.05) is 0 Å². The molecule has 0 spiro atoms. The molecule has 2 fully saturated rings. The maximum absolute atomic E-state index is 13.6. The van der Waals surface area contributed by atoms with Gasteiger partial charge in [0.1, 0.15) is 41.3 Å². The Labute approximate surface area is 113 Å². The van der Waals surface area contributed by atoms with Crippen LogP contribution in [0.1, 0.15) is 19.3 Å². The Morgan fingerprint density at radius 3 is 2.82 bits per heavy atom. The number of nitrogens with zero attached hydrogens (tertiary/aromatic N) is 1. The van der Waals surface area contributed by atoms with Gasteiger partial charge in [-0.2, -0.15) is 0 Å². The first-order chi connectivity index (χ1) is 8.11. The first kappa shape index (κ1) is 13.0. The average Bonchev–Trinajstić information content (AvgIpc) is 2.75. The molecule has 2 aliphatic rings. The van der Waals surface area contributed by atoms with Gasteiger partial charge in [-0.3, -0.25) is 9.59 Å². The van der Waals surface area contributed by atoms with E-state index in [0.717, 1.165) is 0 Å². The van der Waals surface area contributed by atoms with Crippen LogP contribution < -0.4 is 5.32 Å². The molecule has 0 aromatic rings. The highest BCUT2D eigenvalue weighted by Gasteiger charge is 2.36. The molecule has 0 saturated carbocycles. The minimum absolute atomic E-state index is 0.0544. The first-order valence-electron chi connectivity index (χ1n) is 5.61. The Balaban J connectivity index is 1.91. The minimum atomic E-state index is -1.15. The molecule has 2 saturated heterocycles. The smallest absolute Gasteiger partial charge is 0.245 e. The third kappa shape index (κ3) is 2.87. The maximum Gasteiger partial charge on any atom is 0.245 e. The number of carbonyl (C=O) groups is 2. The highest BCUT2D eigenvalue weighted by Crippen LogP contribution is 2.21. The van der Waals surface area contributed by atoms with Gasteiger partial charge in [0.15, 0.2) is 0 Å². The summed E-state index contributed by atoms with van der Waals surface area (Å²) in [6.45, 7) is 0.540. The second kappa shape index (κ2) is 5.47. The van der Waals surface area contributed by atoms with E-state index in [1.54, 1.807) is 23.0 Å². The lowest BCUT2D eigenvalue weighted by Crippen LogP contribution is -2.52. The standard InChI is InChI=1S/C10H14FIN2O3/c11-6-5-14(4-3-8(6)17-12)10(16)7-1-2-9(15)13-7/h6-8H,1-5H2,(H,13,15)/t6-,7?,8+/m1/s1. The molecule has 17 heavy (non-hydrogen) atoms. The quantitative estimate of drug-likeness (QED) is 0.737. The first-order valence-corrected chi connectivity index (χ1v) is 6.49. The molecule has 2 amide bonds. The van der Waals surface area contributed by atoms with Crippen LogP contribution in [0.3, 0.4) is 0 Å². The Morgan fingerprint density at radius 2 is 2.29 bits per heavy atom. The minimum Gasteiger partial charge on any atom is -0.344 e. The fraction of sp³-hybridized carbons (Fsp3) is 0.800. The van der Waals surface area contributed by atoms with Gasteiger partial charge in [0.05, 0.1) is 6.54 Å². The molecule has 0 aromatic heterocycles. The van der Waals surface area contributed by atoms with E-state index >= 15 is 0 Å². The molecule has 5 nitrogen and oxygen atoms in total. The van der Waals surface area contributed by atoms with Crippen molar-refractivity contribution in [3.8, 4) is 0 Å². The highest BCUT2D eigenvalue weighted by molar-refractivity contribution is 14.1. The molecule has 1 unspecified atom stereocenters. The van der Waals surface area contributed by atoms with Crippen LogP contribution in [0.15, 0.2) is 0 Å². The molecule has 96 valence electrons. The number of alkyl halides is 1. The predicted octanol–water partition coefficient (Wildman–Crippen LogP) is 0.571. The summed E-state index contributed by atoms with van der Waals surface area (Å²) >= 11 is 1.69. The van der Waals surface area contributed by atoms with Crippen LogP contribution in [0.25, 0.3) is 0 Å². The van der Waals surface area contributed by atoms with E-state index in [1.807, 2.05) is 0 Å². The number of piperidine rings is 1. The third-order valence-electron chi connectivity index (χ3n) is 3.20. The van der Waals surface area contributed by atoms with Crippen LogP contribution in [0.2, 0.25) is 0 Å². The van der Waals surface area contributed by atoms with Gasteiger partial charge in [-0.15, -0.1) is 0 Å².